The molecule has 29 heavy (non-hydrogen) atoms. The molecular formula is C18H17FN8O2. The van der Waals surface area contributed by atoms with E-state index in [0.717, 1.165) is 11.8 Å². The maximum absolute atomic E-state index is 13.8. The van der Waals surface area contributed by atoms with Crippen LogP contribution >= 0.6 is 0 Å². The van der Waals surface area contributed by atoms with Crippen molar-refractivity contribution in [2.75, 3.05) is 36.0 Å². The van der Waals surface area contributed by atoms with Crippen molar-refractivity contribution in [2.24, 2.45) is 5.73 Å². The second-order valence-electron chi connectivity index (χ2n) is 6.88. The number of carbonyl (C=O) groups excluding carboxylic acids is 1. The van der Waals surface area contributed by atoms with Crippen LogP contribution in [0, 0.1) is 5.82 Å². The third-order valence-corrected chi connectivity index (χ3v) is 5.12. The Bertz CT molecular complexity index is 1300. The van der Waals surface area contributed by atoms with E-state index < -0.39 is 11.7 Å². The summed E-state index contributed by atoms with van der Waals surface area (Å²) < 4.78 is 13.8. The summed E-state index contributed by atoms with van der Waals surface area (Å²) >= 11 is 0. The minimum absolute atomic E-state index is 0.0525. The number of aromatic nitrogens is 5. The zero-order valence-corrected chi connectivity index (χ0v) is 15.2. The van der Waals surface area contributed by atoms with E-state index in [4.69, 9.17) is 5.73 Å². The van der Waals surface area contributed by atoms with Crippen molar-refractivity contribution in [1.29, 1.82) is 0 Å². The maximum atomic E-state index is 13.8. The fraction of sp³-hybridized carbons (Fsp3) is 0.222. The number of H-pyrrole nitrogens is 3. The average Bonchev–Trinajstić information content (AvgIpc) is 3.29. The third kappa shape index (κ3) is 2.87. The summed E-state index contributed by atoms with van der Waals surface area (Å²) in [4.78, 5) is 44.5. The van der Waals surface area contributed by atoms with Crippen LogP contribution in [-0.4, -0.2) is 57.0 Å². The minimum atomic E-state index is -0.723. The largest absolute Gasteiger partial charge is 0.366 e. The smallest absolute Gasteiger partial charge is 0.325 e. The Labute approximate surface area is 162 Å². The highest BCUT2D eigenvalue weighted by atomic mass is 19.1. The third-order valence-electron chi connectivity index (χ3n) is 5.12. The Morgan fingerprint density at radius 3 is 2.62 bits per heavy atom. The van der Waals surface area contributed by atoms with Crippen molar-refractivity contribution in [3.05, 3.63) is 46.3 Å². The number of nitrogens with one attached hydrogen (secondary N) is 3. The molecule has 4 heterocycles. The van der Waals surface area contributed by atoms with Crippen LogP contribution in [0.4, 0.5) is 16.0 Å². The SMILES string of the molecule is NC(=O)c1cc(F)cc2[nH]c(N3CCN(c4ccnc5[nH]c(=O)[nH]c45)CC3)nc12. The fourth-order valence-corrected chi connectivity index (χ4v) is 3.75. The second kappa shape index (κ2) is 6.33. The minimum Gasteiger partial charge on any atom is -0.366 e. The number of anilines is 2. The first-order valence-electron chi connectivity index (χ1n) is 9.05. The molecule has 1 fully saturated rings. The van der Waals surface area contributed by atoms with Gasteiger partial charge in [-0.2, -0.15) is 0 Å². The molecule has 1 aromatic carbocycles. The number of aromatic amines is 3. The number of benzene rings is 1. The van der Waals surface area contributed by atoms with Crippen LogP contribution in [0.3, 0.4) is 0 Å². The molecule has 10 nitrogen and oxygen atoms in total. The molecular weight excluding hydrogens is 379 g/mol. The van der Waals surface area contributed by atoms with E-state index in [-0.39, 0.29) is 11.3 Å². The van der Waals surface area contributed by atoms with E-state index in [9.17, 15) is 14.0 Å². The molecule has 5 rings (SSSR count). The van der Waals surface area contributed by atoms with Gasteiger partial charge in [0.05, 0.1) is 16.8 Å². The predicted octanol–water partition coefficient (Wildman–Crippen LogP) is 0.692. The average molecular weight is 396 g/mol. The highest BCUT2D eigenvalue weighted by molar-refractivity contribution is 6.04. The zero-order valence-electron chi connectivity index (χ0n) is 15.2. The van der Waals surface area contributed by atoms with Gasteiger partial charge in [0.1, 0.15) is 16.9 Å². The monoisotopic (exact) mass is 396 g/mol. The quantitative estimate of drug-likeness (QED) is 0.402. The molecule has 0 saturated carbocycles. The van der Waals surface area contributed by atoms with Gasteiger partial charge in [-0.1, -0.05) is 0 Å². The number of pyridine rings is 1. The fourth-order valence-electron chi connectivity index (χ4n) is 3.75. The number of nitrogens with two attached hydrogens (primary N) is 1. The van der Waals surface area contributed by atoms with Crippen LogP contribution in [0.25, 0.3) is 22.2 Å². The van der Waals surface area contributed by atoms with Crippen molar-refractivity contribution < 1.29 is 9.18 Å². The second-order valence-corrected chi connectivity index (χ2v) is 6.88. The van der Waals surface area contributed by atoms with Gasteiger partial charge in [-0.25, -0.2) is 19.2 Å². The molecule has 1 aliphatic heterocycles. The molecule has 1 aliphatic rings. The predicted molar refractivity (Wildman–Crippen MR) is 106 cm³/mol. The summed E-state index contributed by atoms with van der Waals surface area (Å²) in [5.41, 5.74) is 8.00. The molecule has 0 aliphatic carbocycles. The summed E-state index contributed by atoms with van der Waals surface area (Å²) in [6.45, 7) is 2.65. The van der Waals surface area contributed by atoms with Crippen molar-refractivity contribution >= 4 is 39.7 Å². The van der Waals surface area contributed by atoms with E-state index in [1.54, 1.807) is 6.20 Å². The zero-order chi connectivity index (χ0) is 20.1. The highest BCUT2D eigenvalue weighted by Gasteiger charge is 2.23. The van der Waals surface area contributed by atoms with Gasteiger partial charge in [0.2, 0.25) is 5.95 Å². The van der Waals surface area contributed by atoms with Crippen molar-refractivity contribution in [2.45, 2.75) is 0 Å². The van der Waals surface area contributed by atoms with Gasteiger partial charge < -0.3 is 25.5 Å². The number of primary amides is 1. The van der Waals surface area contributed by atoms with Crippen LogP contribution < -0.4 is 21.2 Å². The first-order chi connectivity index (χ1) is 14.0. The normalized spacial score (nSPS) is 14.8. The van der Waals surface area contributed by atoms with Crippen LogP contribution in [0.1, 0.15) is 10.4 Å². The van der Waals surface area contributed by atoms with Gasteiger partial charge >= 0.3 is 5.69 Å². The number of halogens is 1. The lowest BCUT2D eigenvalue weighted by Crippen LogP contribution is -2.47. The molecule has 5 N–H and O–H groups in total. The Hall–Kier alpha value is -3.89. The molecule has 1 saturated heterocycles. The lowest BCUT2D eigenvalue weighted by molar-refractivity contribution is 0.100. The Kier molecular flexibility index (Phi) is 3.76. The number of carbonyl (C=O) groups is 1. The van der Waals surface area contributed by atoms with Gasteiger partial charge in [-0.05, 0) is 18.2 Å². The topological polar surface area (TPSA) is 140 Å². The Morgan fingerprint density at radius 1 is 1.10 bits per heavy atom. The van der Waals surface area contributed by atoms with Crippen LogP contribution in [0.2, 0.25) is 0 Å². The first kappa shape index (κ1) is 17.2. The summed E-state index contributed by atoms with van der Waals surface area (Å²) in [6.07, 6.45) is 1.66. The van der Waals surface area contributed by atoms with Crippen LogP contribution in [0.5, 0.6) is 0 Å². The molecule has 3 aromatic heterocycles. The molecule has 0 radical (unpaired) electrons. The molecule has 0 spiro atoms. The number of imidazole rings is 2. The van der Waals surface area contributed by atoms with E-state index in [0.29, 0.717) is 54.3 Å². The molecule has 11 heteroatoms. The van der Waals surface area contributed by atoms with Crippen LogP contribution in [-0.2, 0) is 0 Å². The summed E-state index contributed by atoms with van der Waals surface area (Å²) in [6, 6.07) is 4.26. The van der Waals surface area contributed by atoms with E-state index in [1.165, 1.54) is 6.07 Å². The highest BCUT2D eigenvalue weighted by Crippen LogP contribution is 2.26. The number of fused-ring (bicyclic) bond motifs is 2. The van der Waals surface area contributed by atoms with E-state index in [2.05, 4.69) is 29.8 Å². The maximum Gasteiger partial charge on any atom is 0.325 e. The summed E-state index contributed by atoms with van der Waals surface area (Å²) in [7, 11) is 0. The first-order valence-corrected chi connectivity index (χ1v) is 9.05. The Morgan fingerprint density at radius 2 is 1.86 bits per heavy atom. The molecule has 0 atom stereocenters. The summed E-state index contributed by atoms with van der Waals surface area (Å²) in [5, 5.41) is 0. The van der Waals surface area contributed by atoms with Crippen molar-refractivity contribution in [3.8, 4) is 0 Å². The number of nitrogens with zero attached hydrogens (tertiary/aromatic N) is 4. The number of hydrogen-bond donors (Lipinski definition) is 4. The van der Waals surface area contributed by atoms with Crippen LogP contribution in [0.15, 0.2) is 29.2 Å². The number of piperazine rings is 1. The lowest BCUT2D eigenvalue weighted by atomic mass is 10.1. The van der Waals surface area contributed by atoms with Gasteiger partial charge in [0, 0.05) is 32.4 Å². The molecule has 1 amide bonds. The number of amides is 1. The molecule has 0 unspecified atom stereocenters. The van der Waals surface area contributed by atoms with Gasteiger partial charge in [0.15, 0.2) is 5.65 Å². The standard InChI is InChI=1S/C18H17FN8O2/c19-9-7-10(15(20)28)13-11(8-9)22-17(23-13)27-5-3-26(4-6-27)12-1-2-21-16-14(12)24-18(29)25-16/h1-2,7-8H,3-6H2,(H2,20,28)(H,22,23)(H2,21,24,25,29). The number of hydrogen-bond acceptors (Lipinski definition) is 6. The van der Waals surface area contributed by atoms with E-state index >= 15 is 0 Å². The molecule has 4 aromatic rings. The van der Waals surface area contributed by atoms with Gasteiger partial charge in [-0.3, -0.25) is 9.78 Å². The molecule has 0 bridgehead atoms. The van der Waals surface area contributed by atoms with E-state index in [1.807, 2.05) is 11.0 Å². The molecule has 148 valence electrons. The number of rotatable bonds is 3. The van der Waals surface area contributed by atoms with Gasteiger partial charge in [0.25, 0.3) is 5.91 Å². The Balaban J connectivity index is 1.41. The van der Waals surface area contributed by atoms with Crippen molar-refractivity contribution in [3.63, 3.8) is 0 Å². The lowest BCUT2D eigenvalue weighted by Gasteiger charge is -2.36. The van der Waals surface area contributed by atoms with Crippen molar-refractivity contribution in [1.82, 2.24) is 24.9 Å². The summed E-state index contributed by atoms with van der Waals surface area (Å²) in [5.74, 6) is -0.712. The van der Waals surface area contributed by atoms with Gasteiger partial charge in [-0.15, -0.1) is 0 Å².